The summed E-state index contributed by atoms with van der Waals surface area (Å²) >= 11 is 0. The minimum atomic E-state index is -0.320. The van der Waals surface area contributed by atoms with Gasteiger partial charge in [0.2, 0.25) is 0 Å². The van der Waals surface area contributed by atoms with Crippen LogP contribution in [0.15, 0.2) is 64.0 Å². The number of ether oxygens (including phenoxy) is 1. The van der Waals surface area contributed by atoms with E-state index in [0.717, 1.165) is 40.9 Å². The normalized spacial score (nSPS) is 15.4. The van der Waals surface area contributed by atoms with Crippen LogP contribution in [0.3, 0.4) is 0 Å². The lowest BCUT2D eigenvalue weighted by Crippen LogP contribution is -2.28. The minimum Gasteiger partial charge on any atom is -0.464 e. The molecular weight excluding hydrogens is 314 g/mol. The van der Waals surface area contributed by atoms with Gasteiger partial charge in [-0.05, 0) is 37.1 Å². The average molecular weight is 333 g/mol. The number of para-hydroxylation sites is 2. The zero-order chi connectivity index (χ0) is 17.4. The Hall–Kier alpha value is -3.01. The summed E-state index contributed by atoms with van der Waals surface area (Å²) in [6.07, 6.45) is 2.43. The van der Waals surface area contributed by atoms with Crippen molar-refractivity contribution >= 4 is 22.2 Å². The zero-order valence-electron chi connectivity index (χ0n) is 14.3. The summed E-state index contributed by atoms with van der Waals surface area (Å²) in [7, 11) is 2.00. The van der Waals surface area contributed by atoms with E-state index in [1.165, 1.54) is 0 Å². The van der Waals surface area contributed by atoms with Gasteiger partial charge in [0.15, 0.2) is 0 Å². The molecule has 1 aromatic heterocycles. The van der Waals surface area contributed by atoms with Crippen LogP contribution in [0.4, 0.5) is 5.69 Å². The largest absolute Gasteiger partial charge is 0.464 e. The van der Waals surface area contributed by atoms with Crippen LogP contribution in [0.25, 0.3) is 16.5 Å². The SMILES string of the molecule is Cc1ccccc1O/C=C1/CCN(C)c2c1c(=O)oc1ccccc21. The Morgan fingerprint density at radius 3 is 2.72 bits per heavy atom. The Kier molecular flexibility index (Phi) is 3.80. The monoisotopic (exact) mass is 333 g/mol. The van der Waals surface area contributed by atoms with Crippen molar-refractivity contribution < 1.29 is 9.15 Å². The lowest BCUT2D eigenvalue weighted by molar-refractivity contribution is 0.476. The van der Waals surface area contributed by atoms with E-state index in [0.29, 0.717) is 11.1 Å². The first-order valence-electron chi connectivity index (χ1n) is 8.34. The van der Waals surface area contributed by atoms with Crippen LogP contribution in [0.1, 0.15) is 17.5 Å². The number of hydrogen-bond acceptors (Lipinski definition) is 4. The molecule has 25 heavy (non-hydrogen) atoms. The number of aryl methyl sites for hydroxylation is 1. The third-order valence-corrected chi connectivity index (χ3v) is 4.63. The van der Waals surface area contributed by atoms with Gasteiger partial charge in [-0.1, -0.05) is 30.3 Å². The van der Waals surface area contributed by atoms with Crippen molar-refractivity contribution in [2.75, 3.05) is 18.5 Å². The molecule has 0 saturated heterocycles. The van der Waals surface area contributed by atoms with Crippen molar-refractivity contribution in [1.82, 2.24) is 0 Å². The molecule has 0 fully saturated rings. The third kappa shape index (κ3) is 2.70. The fourth-order valence-corrected chi connectivity index (χ4v) is 3.28. The van der Waals surface area contributed by atoms with Gasteiger partial charge in [0.05, 0.1) is 17.5 Å². The topological polar surface area (TPSA) is 42.7 Å². The minimum absolute atomic E-state index is 0.320. The quantitative estimate of drug-likeness (QED) is 0.516. The number of nitrogens with zero attached hydrogens (tertiary/aromatic N) is 1. The highest BCUT2D eigenvalue weighted by molar-refractivity contribution is 5.97. The molecule has 3 aromatic rings. The lowest BCUT2D eigenvalue weighted by Gasteiger charge is -2.29. The van der Waals surface area contributed by atoms with E-state index in [1.54, 1.807) is 6.26 Å². The molecule has 0 spiro atoms. The van der Waals surface area contributed by atoms with Crippen molar-refractivity contribution in [1.29, 1.82) is 0 Å². The standard InChI is InChI=1S/C21H19NO3/c1-14-7-3-5-9-17(14)24-13-15-11-12-22(2)20-16-8-4-6-10-18(16)25-21(23)19(15)20/h3-10,13H,11-12H2,1-2H3/b15-13-. The van der Waals surface area contributed by atoms with Gasteiger partial charge in [-0.25, -0.2) is 4.79 Å². The Bertz CT molecular complexity index is 1030. The van der Waals surface area contributed by atoms with Gasteiger partial charge in [-0.3, -0.25) is 0 Å². The molecule has 126 valence electrons. The molecule has 1 aliphatic rings. The predicted octanol–water partition coefficient (Wildman–Crippen LogP) is 4.36. The second-order valence-corrected chi connectivity index (χ2v) is 6.31. The predicted molar refractivity (Wildman–Crippen MR) is 100 cm³/mol. The van der Waals surface area contributed by atoms with Gasteiger partial charge in [0.25, 0.3) is 0 Å². The van der Waals surface area contributed by atoms with E-state index in [1.807, 2.05) is 62.5 Å². The first-order valence-corrected chi connectivity index (χ1v) is 8.34. The summed E-state index contributed by atoms with van der Waals surface area (Å²) < 4.78 is 11.4. The summed E-state index contributed by atoms with van der Waals surface area (Å²) in [5, 5.41) is 0.945. The van der Waals surface area contributed by atoms with Crippen molar-refractivity contribution in [3.63, 3.8) is 0 Å². The number of fused-ring (bicyclic) bond motifs is 3. The summed E-state index contributed by atoms with van der Waals surface area (Å²) in [6.45, 7) is 2.82. The first-order chi connectivity index (χ1) is 12.1. The van der Waals surface area contributed by atoms with Crippen LogP contribution < -0.4 is 15.3 Å². The molecule has 0 atom stereocenters. The van der Waals surface area contributed by atoms with Gasteiger partial charge in [0, 0.05) is 24.6 Å². The zero-order valence-corrected chi connectivity index (χ0v) is 14.3. The van der Waals surface area contributed by atoms with Crippen LogP contribution in [-0.4, -0.2) is 13.6 Å². The summed E-state index contributed by atoms with van der Waals surface area (Å²) in [5.74, 6) is 0.792. The Morgan fingerprint density at radius 1 is 1.12 bits per heavy atom. The fourth-order valence-electron chi connectivity index (χ4n) is 3.28. The first kappa shape index (κ1) is 15.5. The van der Waals surface area contributed by atoms with Crippen LogP contribution in [0, 0.1) is 6.92 Å². The molecule has 2 heterocycles. The molecule has 4 heteroatoms. The van der Waals surface area contributed by atoms with Gasteiger partial charge in [-0.2, -0.15) is 0 Å². The molecule has 4 rings (SSSR count). The van der Waals surface area contributed by atoms with E-state index in [-0.39, 0.29) is 5.63 Å². The molecule has 0 unspecified atom stereocenters. The van der Waals surface area contributed by atoms with Crippen LogP contribution >= 0.6 is 0 Å². The summed E-state index contributed by atoms with van der Waals surface area (Å²) in [6, 6.07) is 15.5. The number of hydrogen-bond donors (Lipinski definition) is 0. The second-order valence-electron chi connectivity index (χ2n) is 6.31. The molecule has 4 nitrogen and oxygen atoms in total. The lowest BCUT2D eigenvalue weighted by atomic mass is 9.97. The van der Waals surface area contributed by atoms with Gasteiger partial charge in [-0.15, -0.1) is 0 Å². The third-order valence-electron chi connectivity index (χ3n) is 4.63. The Labute approximate surface area is 146 Å². The van der Waals surface area contributed by atoms with Gasteiger partial charge < -0.3 is 14.1 Å². The maximum absolute atomic E-state index is 12.6. The molecular formula is C21H19NO3. The number of anilines is 1. The number of rotatable bonds is 2. The van der Waals surface area contributed by atoms with E-state index in [4.69, 9.17) is 9.15 Å². The molecule has 0 N–H and O–H groups in total. The molecule has 0 aliphatic carbocycles. The number of benzene rings is 2. The van der Waals surface area contributed by atoms with E-state index < -0.39 is 0 Å². The highest BCUT2D eigenvalue weighted by Crippen LogP contribution is 2.37. The fraction of sp³-hybridized carbons (Fsp3) is 0.190. The maximum atomic E-state index is 12.6. The van der Waals surface area contributed by atoms with Crippen molar-refractivity contribution in [2.24, 2.45) is 0 Å². The van der Waals surface area contributed by atoms with Crippen molar-refractivity contribution in [3.05, 3.63) is 76.3 Å². The smallest absolute Gasteiger partial charge is 0.346 e. The van der Waals surface area contributed by atoms with E-state index >= 15 is 0 Å². The van der Waals surface area contributed by atoms with Crippen LogP contribution in [0.2, 0.25) is 0 Å². The Balaban J connectivity index is 1.85. The molecule has 0 bridgehead atoms. The highest BCUT2D eigenvalue weighted by Gasteiger charge is 2.25. The summed E-state index contributed by atoms with van der Waals surface area (Å²) in [4.78, 5) is 14.7. The molecule has 1 aliphatic heterocycles. The van der Waals surface area contributed by atoms with Crippen molar-refractivity contribution in [3.8, 4) is 5.75 Å². The van der Waals surface area contributed by atoms with E-state index in [2.05, 4.69) is 4.90 Å². The molecule has 0 radical (unpaired) electrons. The van der Waals surface area contributed by atoms with Crippen molar-refractivity contribution in [2.45, 2.75) is 13.3 Å². The van der Waals surface area contributed by atoms with E-state index in [9.17, 15) is 4.79 Å². The average Bonchev–Trinajstić information content (AvgIpc) is 2.62. The van der Waals surface area contributed by atoms with Gasteiger partial charge in [0.1, 0.15) is 11.3 Å². The second kappa shape index (κ2) is 6.13. The Morgan fingerprint density at radius 2 is 1.88 bits per heavy atom. The van der Waals surface area contributed by atoms with Crippen LogP contribution in [0.5, 0.6) is 5.75 Å². The highest BCUT2D eigenvalue weighted by atomic mass is 16.5. The molecule has 0 amide bonds. The van der Waals surface area contributed by atoms with Crippen LogP contribution in [-0.2, 0) is 0 Å². The maximum Gasteiger partial charge on any atom is 0.346 e. The molecule has 0 saturated carbocycles. The van der Waals surface area contributed by atoms with Gasteiger partial charge >= 0.3 is 5.63 Å². The molecule has 2 aromatic carbocycles. The summed E-state index contributed by atoms with van der Waals surface area (Å²) in [5.41, 5.74) is 3.73.